The van der Waals surface area contributed by atoms with Gasteiger partial charge >= 0.3 is 5.69 Å². The summed E-state index contributed by atoms with van der Waals surface area (Å²) in [6.07, 6.45) is 2.58. The van der Waals surface area contributed by atoms with Crippen molar-refractivity contribution in [2.24, 2.45) is 0 Å². The maximum absolute atomic E-state index is 10.1. The number of H-pyrrole nitrogens is 2. The van der Waals surface area contributed by atoms with Crippen LogP contribution >= 0.6 is 0 Å². The van der Waals surface area contributed by atoms with E-state index in [0.717, 1.165) is 5.69 Å². The van der Waals surface area contributed by atoms with Crippen LogP contribution in [0.4, 0.5) is 0 Å². The first kappa shape index (κ1) is 4.18. The minimum atomic E-state index is -0.197. The van der Waals surface area contributed by atoms with Gasteiger partial charge in [-0.3, -0.25) is 0 Å². The lowest BCUT2D eigenvalue weighted by Crippen LogP contribution is -1.99. The summed E-state index contributed by atoms with van der Waals surface area (Å²) in [5, 5.41) is 0. The van der Waals surface area contributed by atoms with Gasteiger partial charge in [-0.05, 0) is 6.92 Å². The third-order valence-electron chi connectivity index (χ3n) is 0.665. The van der Waals surface area contributed by atoms with Gasteiger partial charge in [0.25, 0.3) is 0 Å². The predicted octanol–water partition coefficient (Wildman–Crippen LogP) is -0.188. The molecule has 0 aromatic carbocycles. The molecule has 0 aliphatic heterocycles. The molecule has 3 heteroatoms. The second-order valence-corrected chi connectivity index (χ2v) is 1.33. The fourth-order valence-electron chi connectivity index (χ4n) is 0.383. The zero-order chi connectivity index (χ0) is 5.28. The standard InChI is InChI=1S/C4H5N2O/c1-3-2-5-4(7)6-3/h1H3,(H2,5,6,7). The molecule has 7 heavy (non-hydrogen) atoms. The minimum Gasteiger partial charge on any atom is -0.310 e. The van der Waals surface area contributed by atoms with Gasteiger partial charge in [-0.25, -0.2) is 4.79 Å². The lowest BCUT2D eigenvalue weighted by Gasteiger charge is -1.66. The molecular weight excluding hydrogens is 92.1 g/mol. The van der Waals surface area contributed by atoms with Crippen LogP contribution in [0.25, 0.3) is 0 Å². The van der Waals surface area contributed by atoms with E-state index in [0.29, 0.717) is 0 Å². The highest BCUT2D eigenvalue weighted by atomic mass is 16.1. The van der Waals surface area contributed by atoms with Crippen LogP contribution < -0.4 is 5.69 Å². The number of aromatic nitrogens is 2. The van der Waals surface area contributed by atoms with Gasteiger partial charge in [0.2, 0.25) is 0 Å². The van der Waals surface area contributed by atoms with Gasteiger partial charge in [-0.1, -0.05) is 0 Å². The van der Waals surface area contributed by atoms with Crippen molar-refractivity contribution in [3.05, 3.63) is 22.4 Å². The Labute approximate surface area is 40.4 Å². The van der Waals surface area contributed by atoms with Gasteiger partial charge in [-0.2, -0.15) is 0 Å². The molecule has 0 bridgehead atoms. The van der Waals surface area contributed by atoms with E-state index < -0.39 is 0 Å². The largest absolute Gasteiger partial charge is 0.323 e. The number of imidazole rings is 1. The first-order valence-electron chi connectivity index (χ1n) is 1.95. The highest BCUT2D eigenvalue weighted by Crippen LogP contribution is 1.74. The van der Waals surface area contributed by atoms with Crippen LogP contribution in [-0.4, -0.2) is 9.97 Å². The van der Waals surface area contributed by atoms with E-state index in [-0.39, 0.29) is 5.69 Å². The molecule has 1 aromatic heterocycles. The monoisotopic (exact) mass is 97.0 g/mol. The molecular formula is C4H5N2O. The topological polar surface area (TPSA) is 48.6 Å². The molecule has 1 radical (unpaired) electrons. The van der Waals surface area contributed by atoms with Crippen LogP contribution in [0.1, 0.15) is 5.69 Å². The van der Waals surface area contributed by atoms with E-state index >= 15 is 0 Å². The lowest BCUT2D eigenvalue weighted by atomic mass is 10.6. The van der Waals surface area contributed by atoms with Crippen molar-refractivity contribution in [3.8, 4) is 0 Å². The summed E-state index contributed by atoms with van der Waals surface area (Å²) in [7, 11) is 0. The Morgan fingerprint density at radius 3 is 2.57 bits per heavy atom. The normalized spacial score (nSPS) is 9.29. The molecule has 3 nitrogen and oxygen atoms in total. The number of hydrogen-bond donors (Lipinski definition) is 2. The van der Waals surface area contributed by atoms with Crippen LogP contribution in [0.5, 0.6) is 0 Å². The number of hydrogen-bond acceptors (Lipinski definition) is 1. The molecule has 0 atom stereocenters. The van der Waals surface area contributed by atoms with E-state index in [1.807, 2.05) is 0 Å². The van der Waals surface area contributed by atoms with Gasteiger partial charge < -0.3 is 9.97 Å². The molecule has 0 unspecified atom stereocenters. The van der Waals surface area contributed by atoms with E-state index in [2.05, 4.69) is 16.2 Å². The second kappa shape index (κ2) is 1.26. The fourth-order valence-corrected chi connectivity index (χ4v) is 0.383. The number of nitrogens with one attached hydrogen (secondary N) is 2. The minimum absolute atomic E-state index is 0.197. The molecule has 0 fully saturated rings. The smallest absolute Gasteiger partial charge is 0.310 e. The molecule has 0 aliphatic carbocycles. The van der Waals surface area contributed by atoms with E-state index in [1.165, 1.54) is 0 Å². The Kier molecular flexibility index (Phi) is 0.749. The zero-order valence-corrected chi connectivity index (χ0v) is 3.91. The zero-order valence-electron chi connectivity index (χ0n) is 3.91. The van der Waals surface area contributed by atoms with Crippen LogP contribution in [0, 0.1) is 13.1 Å². The van der Waals surface area contributed by atoms with Crippen LogP contribution in [-0.2, 0) is 0 Å². The third kappa shape index (κ3) is 0.707. The third-order valence-corrected chi connectivity index (χ3v) is 0.665. The van der Waals surface area contributed by atoms with E-state index in [1.54, 1.807) is 6.92 Å². The summed E-state index contributed by atoms with van der Waals surface area (Å²) in [4.78, 5) is 15.0. The number of aryl methyl sites for hydroxylation is 1. The molecule has 1 heterocycles. The average Bonchev–Trinajstić information content (AvgIpc) is 1.87. The van der Waals surface area contributed by atoms with Crippen molar-refractivity contribution in [3.63, 3.8) is 0 Å². The maximum Gasteiger partial charge on any atom is 0.323 e. The molecule has 0 saturated carbocycles. The van der Waals surface area contributed by atoms with Gasteiger partial charge in [-0.15, -0.1) is 0 Å². The van der Waals surface area contributed by atoms with Gasteiger partial charge in [0.15, 0.2) is 0 Å². The summed E-state index contributed by atoms with van der Waals surface area (Å²) in [5.41, 5.74) is 0.544. The summed E-state index contributed by atoms with van der Waals surface area (Å²) < 4.78 is 0. The highest BCUT2D eigenvalue weighted by Gasteiger charge is 1.82. The molecule has 0 spiro atoms. The highest BCUT2D eigenvalue weighted by molar-refractivity contribution is 4.86. The summed E-state index contributed by atoms with van der Waals surface area (Å²) in [5.74, 6) is 0. The summed E-state index contributed by atoms with van der Waals surface area (Å²) in [6, 6.07) is 0. The van der Waals surface area contributed by atoms with Crippen molar-refractivity contribution in [2.75, 3.05) is 0 Å². The second-order valence-electron chi connectivity index (χ2n) is 1.33. The predicted molar refractivity (Wildman–Crippen MR) is 25.0 cm³/mol. The molecule has 0 aliphatic rings. The Morgan fingerprint density at radius 2 is 2.43 bits per heavy atom. The van der Waals surface area contributed by atoms with E-state index in [9.17, 15) is 4.79 Å². The van der Waals surface area contributed by atoms with E-state index in [4.69, 9.17) is 0 Å². The van der Waals surface area contributed by atoms with Gasteiger partial charge in [0.1, 0.15) is 0 Å². The van der Waals surface area contributed by atoms with Crippen molar-refractivity contribution in [1.82, 2.24) is 9.97 Å². The number of rotatable bonds is 0. The molecule has 1 aromatic rings. The Morgan fingerprint density at radius 1 is 1.71 bits per heavy atom. The summed E-state index contributed by atoms with van der Waals surface area (Å²) in [6.45, 7) is 1.76. The Balaban J connectivity index is 3.30. The summed E-state index contributed by atoms with van der Waals surface area (Å²) >= 11 is 0. The van der Waals surface area contributed by atoms with Gasteiger partial charge in [0.05, 0.1) is 6.20 Å². The lowest BCUT2D eigenvalue weighted by molar-refractivity contribution is 1.16. The number of aromatic amines is 2. The maximum atomic E-state index is 10.1. The molecule has 1 rings (SSSR count). The van der Waals surface area contributed by atoms with Crippen LogP contribution in [0.2, 0.25) is 0 Å². The first-order chi connectivity index (χ1) is 3.29. The Hall–Kier alpha value is -0.990. The molecule has 37 valence electrons. The van der Waals surface area contributed by atoms with Crippen molar-refractivity contribution in [2.45, 2.75) is 6.92 Å². The van der Waals surface area contributed by atoms with Crippen LogP contribution in [0.15, 0.2) is 4.79 Å². The average molecular weight is 97.1 g/mol. The SMILES string of the molecule is Cc1[c][nH]c(=O)[nH]1. The quantitative estimate of drug-likeness (QED) is 0.463. The molecule has 0 saturated heterocycles. The first-order valence-corrected chi connectivity index (χ1v) is 1.95. The Bertz CT molecular complexity index is 197. The van der Waals surface area contributed by atoms with Crippen molar-refractivity contribution in [1.29, 1.82) is 0 Å². The van der Waals surface area contributed by atoms with Crippen LogP contribution in [0.3, 0.4) is 0 Å². The molecule has 0 amide bonds. The molecule has 2 N–H and O–H groups in total. The fraction of sp³-hybridized carbons (Fsp3) is 0.250. The van der Waals surface area contributed by atoms with Crippen molar-refractivity contribution < 1.29 is 0 Å². The van der Waals surface area contributed by atoms with Gasteiger partial charge in [0, 0.05) is 5.69 Å². The van der Waals surface area contributed by atoms with Crippen molar-refractivity contribution >= 4 is 0 Å².